The quantitative estimate of drug-likeness (QED) is 0.834. The molecule has 0 spiro atoms. The first kappa shape index (κ1) is 12.7. The van der Waals surface area contributed by atoms with Crippen LogP contribution in [0.25, 0.3) is 0 Å². The molecule has 18 heavy (non-hydrogen) atoms. The third kappa shape index (κ3) is 2.25. The fourth-order valence-corrected chi connectivity index (χ4v) is 2.49. The van der Waals surface area contributed by atoms with E-state index in [9.17, 15) is 14.7 Å². The van der Waals surface area contributed by atoms with Gasteiger partial charge >= 0.3 is 11.9 Å². The summed E-state index contributed by atoms with van der Waals surface area (Å²) in [6.07, 6.45) is 4.26. The summed E-state index contributed by atoms with van der Waals surface area (Å²) >= 11 is 0. The van der Waals surface area contributed by atoms with Crippen LogP contribution in [-0.2, 0) is 16.1 Å². The highest BCUT2D eigenvalue weighted by Gasteiger charge is 2.31. The Labute approximate surface area is 105 Å². The van der Waals surface area contributed by atoms with Crippen LogP contribution in [0, 0.1) is 0 Å². The highest BCUT2D eigenvalue weighted by Crippen LogP contribution is 2.31. The minimum absolute atomic E-state index is 0.218. The third-order valence-electron chi connectivity index (χ3n) is 3.28. The van der Waals surface area contributed by atoms with Crippen LogP contribution >= 0.6 is 0 Å². The number of ether oxygens (including phenoxy) is 1. The second-order valence-electron chi connectivity index (χ2n) is 4.41. The minimum atomic E-state index is -0.986. The molecule has 0 amide bonds. The second-order valence-corrected chi connectivity index (χ2v) is 4.41. The van der Waals surface area contributed by atoms with Gasteiger partial charge in [0, 0.05) is 18.4 Å². The van der Waals surface area contributed by atoms with Gasteiger partial charge in [-0.2, -0.15) is 0 Å². The molecule has 1 N–H and O–H groups in total. The molecule has 0 aliphatic carbocycles. The van der Waals surface area contributed by atoms with Gasteiger partial charge in [0.05, 0.1) is 18.1 Å². The smallest absolute Gasteiger partial charge is 0.337 e. The van der Waals surface area contributed by atoms with Crippen molar-refractivity contribution >= 4 is 11.9 Å². The molecule has 1 aromatic rings. The van der Waals surface area contributed by atoms with Crippen LogP contribution in [0.3, 0.4) is 0 Å². The van der Waals surface area contributed by atoms with E-state index in [4.69, 9.17) is 4.74 Å². The summed E-state index contributed by atoms with van der Waals surface area (Å²) in [6.45, 7) is 2.84. The van der Waals surface area contributed by atoms with Crippen molar-refractivity contribution < 1.29 is 19.4 Å². The Kier molecular flexibility index (Phi) is 3.69. The number of carboxylic acid groups (broad SMARTS) is 1. The van der Waals surface area contributed by atoms with E-state index in [1.807, 2.05) is 4.57 Å². The molecule has 1 aliphatic rings. The number of fused-ring (bicyclic) bond motifs is 1. The lowest BCUT2D eigenvalue weighted by molar-refractivity contribution is -0.145. The number of aromatic nitrogens is 1. The average molecular weight is 251 g/mol. The standard InChI is InChI=1S/C13H17NO4/c1-2-18-13(17)10-5-3-4-7-14-8-6-9(11(10)14)12(15)16/h6,8,10H,2-5,7H2,1H3,(H,15,16). The predicted octanol–water partition coefficient (Wildman–Crippen LogP) is 2.02. The van der Waals surface area contributed by atoms with Crippen molar-refractivity contribution in [2.75, 3.05) is 6.61 Å². The van der Waals surface area contributed by atoms with Gasteiger partial charge in [-0.3, -0.25) is 4.79 Å². The lowest BCUT2D eigenvalue weighted by atomic mass is 9.97. The van der Waals surface area contributed by atoms with Crippen molar-refractivity contribution in [3.8, 4) is 0 Å². The topological polar surface area (TPSA) is 68.5 Å². The van der Waals surface area contributed by atoms with Crippen LogP contribution in [0.15, 0.2) is 12.3 Å². The number of nitrogens with zero attached hydrogens (tertiary/aromatic N) is 1. The molecule has 5 heteroatoms. The predicted molar refractivity (Wildman–Crippen MR) is 64.6 cm³/mol. The van der Waals surface area contributed by atoms with Gasteiger partial charge in [0.25, 0.3) is 0 Å². The van der Waals surface area contributed by atoms with Gasteiger partial charge in [-0.25, -0.2) is 4.79 Å². The van der Waals surface area contributed by atoms with Gasteiger partial charge in [0.15, 0.2) is 0 Å². The lowest BCUT2D eigenvalue weighted by Gasteiger charge is -2.15. The summed E-state index contributed by atoms with van der Waals surface area (Å²) in [4.78, 5) is 23.2. The molecule has 0 saturated carbocycles. The molecule has 0 saturated heterocycles. The fraction of sp³-hybridized carbons (Fsp3) is 0.538. The highest BCUT2D eigenvalue weighted by atomic mass is 16.5. The number of esters is 1. The fourth-order valence-electron chi connectivity index (χ4n) is 2.49. The van der Waals surface area contributed by atoms with E-state index < -0.39 is 11.9 Å². The first-order chi connectivity index (χ1) is 8.65. The largest absolute Gasteiger partial charge is 0.478 e. The molecule has 1 unspecified atom stereocenters. The van der Waals surface area contributed by atoms with Crippen LogP contribution < -0.4 is 0 Å². The zero-order chi connectivity index (χ0) is 13.1. The van der Waals surface area contributed by atoms with Crippen molar-refractivity contribution in [2.24, 2.45) is 0 Å². The molecular weight excluding hydrogens is 234 g/mol. The summed E-state index contributed by atoms with van der Waals surface area (Å²) in [7, 11) is 0. The number of rotatable bonds is 3. The molecule has 2 heterocycles. The minimum Gasteiger partial charge on any atom is -0.478 e. The molecule has 98 valence electrons. The van der Waals surface area contributed by atoms with Gasteiger partial charge in [-0.05, 0) is 25.8 Å². The number of hydrogen-bond donors (Lipinski definition) is 1. The Bertz CT molecular complexity index is 464. The maximum Gasteiger partial charge on any atom is 0.337 e. The molecular formula is C13H17NO4. The van der Waals surface area contributed by atoms with Gasteiger partial charge in [-0.15, -0.1) is 0 Å². The summed E-state index contributed by atoms with van der Waals surface area (Å²) in [5, 5.41) is 9.19. The molecule has 1 atom stereocenters. The van der Waals surface area contributed by atoms with Crippen LogP contribution in [0.1, 0.15) is 48.2 Å². The highest BCUT2D eigenvalue weighted by molar-refractivity contribution is 5.92. The summed E-state index contributed by atoms with van der Waals surface area (Å²) in [6, 6.07) is 1.56. The summed E-state index contributed by atoms with van der Waals surface area (Å²) < 4.78 is 6.93. The zero-order valence-corrected chi connectivity index (χ0v) is 10.4. The number of carbonyl (C=O) groups is 2. The first-order valence-electron chi connectivity index (χ1n) is 6.24. The molecule has 0 bridgehead atoms. The van der Waals surface area contributed by atoms with E-state index in [1.165, 1.54) is 0 Å². The van der Waals surface area contributed by atoms with Crippen LogP contribution in [0.5, 0.6) is 0 Å². The van der Waals surface area contributed by atoms with Gasteiger partial charge in [-0.1, -0.05) is 6.42 Å². The summed E-state index contributed by atoms with van der Waals surface area (Å²) in [5.41, 5.74) is 0.813. The van der Waals surface area contributed by atoms with Gasteiger partial charge in [0.2, 0.25) is 0 Å². The van der Waals surface area contributed by atoms with Gasteiger partial charge in [0.1, 0.15) is 0 Å². The van der Waals surface area contributed by atoms with E-state index in [0.717, 1.165) is 19.4 Å². The zero-order valence-electron chi connectivity index (χ0n) is 10.4. The van der Waals surface area contributed by atoms with Crippen molar-refractivity contribution in [2.45, 2.75) is 38.6 Å². The molecule has 0 radical (unpaired) electrons. The Balaban J connectivity index is 2.41. The first-order valence-corrected chi connectivity index (χ1v) is 6.24. The molecule has 2 rings (SSSR count). The van der Waals surface area contributed by atoms with E-state index in [1.54, 1.807) is 19.2 Å². The third-order valence-corrected chi connectivity index (χ3v) is 3.28. The molecule has 1 aliphatic heterocycles. The van der Waals surface area contributed by atoms with E-state index in [0.29, 0.717) is 18.7 Å². The van der Waals surface area contributed by atoms with Crippen molar-refractivity contribution in [1.29, 1.82) is 0 Å². The lowest BCUT2D eigenvalue weighted by Crippen LogP contribution is -2.20. The van der Waals surface area contributed by atoms with Crippen molar-refractivity contribution in [3.05, 3.63) is 23.5 Å². The SMILES string of the molecule is CCOC(=O)C1CCCCn2ccc(C(=O)O)c21. The van der Waals surface area contributed by atoms with Crippen molar-refractivity contribution in [1.82, 2.24) is 4.57 Å². The number of aromatic carboxylic acids is 1. The van der Waals surface area contributed by atoms with Gasteiger partial charge < -0.3 is 14.4 Å². The molecule has 0 fully saturated rings. The number of carboxylic acids is 1. The maximum absolute atomic E-state index is 12.0. The Morgan fingerprint density at radius 2 is 2.28 bits per heavy atom. The Morgan fingerprint density at radius 3 is 2.94 bits per heavy atom. The number of hydrogen-bond acceptors (Lipinski definition) is 3. The molecule has 5 nitrogen and oxygen atoms in total. The maximum atomic E-state index is 12.0. The van der Waals surface area contributed by atoms with Crippen LogP contribution in [-0.4, -0.2) is 28.2 Å². The monoisotopic (exact) mass is 251 g/mol. The van der Waals surface area contributed by atoms with E-state index in [-0.39, 0.29) is 11.5 Å². The van der Waals surface area contributed by atoms with Crippen LogP contribution in [0.2, 0.25) is 0 Å². The Morgan fingerprint density at radius 1 is 1.50 bits per heavy atom. The number of carbonyl (C=O) groups excluding carboxylic acids is 1. The van der Waals surface area contributed by atoms with Crippen LogP contribution in [0.4, 0.5) is 0 Å². The normalized spacial score (nSPS) is 18.8. The molecule has 0 aromatic carbocycles. The van der Waals surface area contributed by atoms with E-state index >= 15 is 0 Å². The number of aryl methyl sites for hydroxylation is 1. The second kappa shape index (κ2) is 5.25. The van der Waals surface area contributed by atoms with E-state index in [2.05, 4.69) is 0 Å². The molecule has 1 aromatic heterocycles. The Hall–Kier alpha value is -1.78. The average Bonchev–Trinajstić information content (AvgIpc) is 2.63. The van der Waals surface area contributed by atoms with Crippen molar-refractivity contribution in [3.63, 3.8) is 0 Å². The summed E-state index contributed by atoms with van der Waals surface area (Å²) in [5.74, 6) is -1.75.